The first-order valence-electron chi connectivity index (χ1n) is 15.7. The summed E-state index contributed by atoms with van der Waals surface area (Å²) in [5, 5.41) is 4.27. The van der Waals surface area contributed by atoms with Crippen LogP contribution in [0.25, 0.3) is 0 Å². The van der Waals surface area contributed by atoms with Gasteiger partial charge in [-0.1, -0.05) is 56.1 Å². The monoisotopic (exact) mass is 647 g/mol. The second kappa shape index (κ2) is 17.1. The first-order chi connectivity index (χ1) is 21.2. The minimum absolute atomic E-state index is 0.164. The molecule has 2 aliphatic rings. The van der Waals surface area contributed by atoms with Crippen LogP contribution in [0.1, 0.15) is 45.6 Å². The lowest BCUT2D eigenvalue weighted by Crippen LogP contribution is -2.46. The zero-order valence-corrected chi connectivity index (χ0v) is 28.0. The van der Waals surface area contributed by atoms with E-state index in [0.29, 0.717) is 54.0 Å². The summed E-state index contributed by atoms with van der Waals surface area (Å²) >= 11 is 12.6. The second-order valence-corrected chi connectivity index (χ2v) is 12.7. The molecule has 0 bridgehead atoms. The molecular weight excluding hydrogens is 601 g/mol. The standard InChI is InChI=1S/C33H47Cl2N5O4/c1-24(2)25(3)21-40(22-36-4)33(41)44-23-43-31-13-11-26-10-12-27(20-29(26)37-31)42-19-6-5-14-38-15-17-39(18-16-38)30-9-7-8-28(34)32(30)35/h7-10,12,20,24-25,36H,5-6,11,13-19,21-23H2,1-4H3. The average molecular weight is 649 g/mol. The molecule has 1 saturated heterocycles. The fraction of sp³-hybridized carbons (Fsp3) is 0.576. The van der Waals surface area contributed by atoms with E-state index in [1.807, 2.05) is 37.4 Å². The summed E-state index contributed by atoms with van der Waals surface area (Å²) in [7, 11) is 1.81. The van der Waals surface area contributed by atoms with E-state index in [0.717, 1.165) is 74.7 Å². The molecular formula is C33H47Cl2N5O4. The number of nitrogens with zero attached hydrogens (tertiary/aromatic N) is 4. The number of hydrogen-bond donors (Lipinski definition) is 1. The Hall–Kier alpha value is -2.72. The van der Waals surface area contributed by atoms with Gasteiger partial charge in [0.05, 0.1) is 34.7 Å². The fourth-order valence-electron chi connectivity index (χ4n) is 5.25. The second-order valence-electron chi connectivity index (χ2n) is 11.9. The fourth-order valence-corrected chi connectivity index (χ4v) is 5.67. The highest BCUT2D eigenvalue weighted by molar-refractivity contribution is 6.43. The third-order valence-corrected chi connectivity index (χ3v) is 9.16. The topological polar surface area (TPSA) is 78.9 Å². The van der Waals surface area contributed by atoms with Crippen LogP contribution >= 0.6 is 23.2 Å². The van der Waals surface area contributed by atoms with Gasteiger partial charge in [0.1, 0.15) is 5.75 Å². The van der Waals surface area contributed by atoms with Crippen molar-refractivity contribution in [1.29, 1.82) is 0 Å². The first kappa shape index (κ1) is 34.2. The van der Waals surface area contributed by atoms with Crippen molar-refractivity contribution in [1.82, 2.24) is 15.1 Å². The van der Waals surface area contributed by atoms with Crippen molar-refractivity contribution in [2.24, 2.45) is 16.8 Å². The van der Waals surface area contributed by atoms with E-state index in [2.05, 4.69) is 46.9 Å². The number of hydrogen-bond acceptors (Lipinski definition) is 8. The lowest BCUT2D eigenvalue weighted by atomic mass is 9.98. The SMILES string of the molecule is CNCN(CC(C)C(C)C)C(=O)OCOC1=Nc2cc(OCCCCN3CCN(c4cccc(Cl)c4Cl)CC3)ccc2CC1. The summed E-state index contributed by atoms with van der Waals surface area (Å²) in [4.78, 5) is 23.7. The highest BCUT2D eigenvalue weighted by Crippen LogP contribution is 2.33. The number of amides is 1. The van der Waals surface area contributed by atoms with Crippen molar-refractivity contribution in [3.8, 4) is 5.75 Å². The lowest BCUT2D eigenvalue weighted by molar-refractivity contribution is 0.0231. The maximum atomic E-state index is 12.6. The summed E-state index contributed by atoms with van der Waals surface area (Å²) in [5.74, 6) is 2.19. The Morgan fingerprint density at radius 2 is 1.84 bits per heavy atom. The number of piperazine rings is 1. The highest BCUT2D eigenvalue weighted by atomic mass is 35.5. The van der Waals surface area contributed by atoms with Crippen LogP contribution in [0, 0.1) is 11.8 Å². The number of benzene rings is 2. The predicted octanol–water partition coefficient (Wildman–Crippen LogP) is 6.83. The van der Waals surface area contributed by atoms with Gasteiger partial charge in [0.25, 0.3) is 0 Å². The van der Waals surface area contributed by atoms with Crippen LogP contribution in [0.15, 0.2) is 41.4 Å². The third kappa shape index (κ3) is 9.89. The van der Waals surface area contributed by atoms with Crippen LogP contribution in [0.5, 0.6) is 5.75 Å². The first-order valence-corrected chi connectivity index (χ1v) is 16.4. The Balaban J connectivity index is 1.16. The van der Waals surface area contributed by atoms with Crippen molar-refractivity contribution in [3.63, 3.8) is 0 Å². The van der Waals surface area contributed by atoms with Crippen LogP contribution in [0.2, 0.25) is 10.0 Å². The van der Waals surface area contributed by atoms with E-state index >= 15 is 0 Å². The van der Waals surface area contributed by atoms with Crippen LogP contribution in [-0.2, 0) is 15.9 Å². The Morgan fingerprint density at radius 3 is 2.59 bits per heavy atom. The van der Waals surface area contributed by atoms with Gasteiger partial charge in [0, 0.05) is 45.2 Å². The number of ether oxygens (including phenoxy) is 3. The number of nitrogens with one attached hydrogen (secondary N) is 1. The molecule has 0 aliphatic carbocycles. The van der Waals surface area contributed by atoms with Crippen molar-refractivity contribution < 1.29 is 19.0 Å². The van der Waals surface area contributed by atoms with E-state index < -0.39 is 6.09 Å². The number of fused-ring (bicyclic) bond motifs is 1. The molecule has 1 fully saturated rings. The van der Waals surface area contributed by atoms with Gasteiger partial charge < -0.3 is 24.4 Å². The molecule has 0 saturated carbocycles. The maximum absolute atomic E-state index is 12.6. The Kier molecular flexibility index (Phi) is 13.3. The maximum Gasteiger partial charge on any atom is 0.413 e. The molecule has 2 aromatic carbocycles. The number of rotatable bonds is 14. The third-order valence-electron chi connectivity index (χ3n) is 8.35. The summed E-state index contributed by atoms with van der Waals surface area (Å²) in [6.45, 7) is 12.9. The van der Waals surface area contributed by atoms with Gasteiger partial charge in [-0.15, -0.1) is 0 Å². The zero-order valence-electron chi connectivity index (χ0n) is 26.5. The minimum atomic E-state index is -0.399. The van der Waals surface area contributed by atoms with E-state index in [-0.39, 0.29) is 6.79 Å². The quantitative estimate of drug-likeness (QED) is 0.178. The summed E-state index contributed by atoms with van der Waals surface area (Å²) in [6.07, 6.45) is 3.12. The molecule has 1 unspecified atom stereocenters. The molecule has 1 amide bonds. The smallest absolute Gasteiger partial charge is 0.413 e. The number of carbonyl (C=O) groups is 1. The van der Waals surface area contributed by atoms with Gasteiger partial charge in [-0.25, -0.2) is 9.79 Å². The van der Waals surface area contributed by atoms with Crippen LogP contribution in [0.3, 0.4) is 0 Å². The highest BCUT2D eigenvalue weighted by Gasteiger charge is 2.21. The van der Waals surface area contributed by atoms with Gasteiger partial charge in [-0.05, 0) is 68.5 Å². The van der Waals surface area contributed by atoms with Crippen LogP contribution in [0.4, 0.5) is 16.2 Å². The Bertz CT molecular complexity index is 1250. The van der Waals surface area contributed by atoms with Gasteiger partial charge in [0.15, 0.2) is 5.90 Å². The number of unbranched alkanes of at least 4 members (excludes halogenated alkanes) is 1. The average Bonchev–Trinajstić information content (AvgIpc) is 3.02. The molecule has 0 radical (unpaired) electrons. The Morgan fingerprint density at radius 1 is 1.05 bits per heavy atom. The Labute approximate surface area is 272 Å². The van der Waals surface area contributed by atoms with Crippen molar-refractivity contribution in [2.45, 2.75) is 46.5 Å². The molecule has 2 aromatic rings. The number of carbonyl (C=O) groups excluding carboxylic acids is 1. The van der Waals surface area contributed by atoms with Gasteiger partial charge in [-0.2, -0.15) is 0 Å². The summed E-state index contributed by atoms with van der Waals surface area (Å²) in [5.41, 5.74) is 3.01. The largest absolute Gasteiger partial charge is 0.494 e. The summed E-state index contributed by atoms with van der Waals surface area (Å²) < 4.78 is 17.2. The summed E-state index contributed by atoms with van der Waals surface area (Å²) in [6, 6.07) is 11.9. The van der Waals surface area contributed by atoms with Gasteiger partial charge in [-0.3, -0.25) is 9.80 Å². The minimum Gasteiger partial charge on any atom is -0.494 e. The molecule has 0 aromatic heterocycles. The van der Waals surface area contributed by atoms with Crippen LogP contribution < -0.4 is 15.0 Å². The molecule has 2 heterocycles. The molecule has 0 spiro atoms. The normalized spacial score (nSPS) is 15.9. The number of halogens is 2. The molecule has 9 nitrogen and oxygen atoms in total. The van der Waals surface area contributed by atoms with E-state index in [1.165, 1.54) is 0 Å². The van der Waals surface area contributed by atoms with Crippen molar-refractivity contribution >= 4 is 46.6 Å². The molecule has 4 rings (SSSR count). The van der Waals surface area contributed by atoms with Crippen LogP contribution in [-0.4, -0.2) is 88.2 Å². The molecule has 242 valence electrons. The zero-order chi connectivity index (χ0) is 31.5. The van der Waals surface area contributed by atoms with Crippen molar-refractivity contribution in [3.05, 3.63) is 52.0 Å². The van der Waals surface area contributed by atoms with Gasteiger partial charge >= 0.3 is 6.09 Å². The predicted molar refractivity (Wildman–Crippen MR) is 179 cm³/mol. The van der Waals surface area contributed by atoms with E-state index in [4.69, 9.17) is 37.4 Å². The van der Waals surface area contributed by atoms with Gasteiger partial charge in [0.2, 0.25) is 6.79 Å². The van der Waals surface area contributed by atoms with Crippen molar-refractivity contribution in [2.75, 3.05) is 71.3 Å². The molecule has 44 heavy (non-hydrogen) atoms. The number of aliphatic imine (C=N–C) groups is 1. The lowest BCUT2D eigenvalue weighted by Gasteiger charge is -2.36. The number of anilines is 1. The van der Waals surface area contributed by atoms with E-state index in [1.54, 1.807) is 4.90 Å². The van der Waals surface area contributed by atoms with E-state index in [9.17, 15) is 4.79 Å². The molecule has 11 heteroatoms. The number of aryl methyl sites for hydroxylation is 1. The molecule has 1 atom stereocenters. The molecule has 2 aliphatic heterocycles. The molecule has 1 N–H and O–H groups in total.